The van der Waals surface area contributed by atoms with E-state index in [2.05, 4.69) is 5.32 Å². The maximum absolute atomic E-state index is 12.4. The molecule has 5 nitrogen and oxygen atoms in total. The number of amides is 2. The van der Waals surface area contributed by atoms with Crippen LogP contribution in [0.25, 0.3) is 0 Å². The molecule has 1 aromatic rings. The number of hydrogen-bond donors (Lipinski definition) is 1. The van der Waals surface area contributed by atoms with Crippen molar-refractivity contribution in [3.63, 3.8) is 0 Å². The molecular weight excluding hydrogens is 304 g/mol. The van der Waals surface area contributed by atoms with Gasteiger partial charge in [0, 0.05) is 19.6 Å². The van der Waals surface area contributed by atoms with Gasteiger partial charge in [-0.1, -0.05) is 29.8 Å². The van der Waals surface area contributed by atoms with E-state index in [1.807, 2.05) is 56.9 Å². The number of ether oxygens (including phenoxy) is 1. The Kier molecular flexibility index (Phi) is 5.86. The number of likely N-dealkylation sites (tertiary alicyclic amines) is 1. The van der Waals surface area contributed by atoms with Crippen molar-refractivity contribution in [2.24, 2.45) is 5.92 Å². The summed E-state index contributed by atoms with van der Waals surface area (Å²) in [7, 11) is 0. The number of carbonyl (C=O) groups excluding carboxylic acids is 2. The Morgan fingerprint density at radius 2 is 1.92 bits per heavy atom. The molecule has 0 saturated carbocycles. The van der Waals surface area contributed by atoms with Crippen molar-refractivity contribution >= 4 is 12.0 Å². The molecule has 0 radical (unpaired) electrons. The normalized spacial score (nSPS) is 17.7. The summed E-state index contributed by atoms with van der Waals surface area (Å²) < 4.78 is 5.23. The molecule has 0 aliphatic carbocycles. The molecule has 1 heterocycles. The number of benzene rings is 1. The highest BCUT2D eigenvalue weighted by Crippen LogP contribution is 2.17. The molecule has 132 valence electrons. The largest absolute Gasteiger partial charge is 0.444 e. The quantitative estimate of drug-likeness (QED) is 0.922. The summed E-state index contributed by atoms with van der Waals surface area (Å²) in [5.41, 5.74) is 1.75. The monoisotopic (exact) mass is 332 g/mol. The Balaban J connectivity index is 1.75. The van der Waals surface area contributed by atoms with E-state index in [-0.39, 0.29) is 5.91 Å². The van der Waals surface area contributed by atoms with Crippen LogP contribution in [0.1, 0.15) is 38.3 Å². The molecule has 0 aromatic heterocycles. The van der Waals surface area contributed by atoms with Gasteiger partial charge in [0.05, 0.1) is 6.42 Å². The van der Waals surface area contributed by atoms with Crippen LogP contribution in [-0.2, 0) is 16.0 Å². The molecule has 1 fully saturated rings. The first kappa shape index (κ1) is 18.3. The van der Waals surface area contributed by atoms with Crippen LogP contribution in [0.4, 0.5) is 4.79 Å². The minimum atomic E-state index is -0.490. The molecule has 24 heavy (non-hydrogen) atoms. The maximum atomic E-state index is 12.4. The summed E-state index contributed by atoms with van der Waals surface area (Å²) >= 11 is 0. The fourth-order valence-corrected chi connectivity index (χ4v) is 2.76. The molecule has 1 aromatic carbocycles. The second-order valence-electron chi connectivity index (χ2n) is 7.54. The summed E-state index contributed by atoms with van der Waals surface area (Å²) in [6.07, 6.45) is 0.953. The van der Waals surface area contributed by atoms with Gasteiger partial charge in [0.2, 0.25) is 5.91 Å². The predicted molar refractivity (Wildman–Crippen MR) is 93.8 cm³/mol. The molecular formula is C19H28N2O3. The number of alkyl carbamates (subject to hydrolysis) is 1. The van der Waals surface area contributed by atoms with E-state index in [1.54, 1.807) is 0 Å². The van der Waals surface area contributed by atoms with Crippen LogP contribution in [-0.4, -0.2) is 42.1 Å². The van der Waals surface area contributed by atoms with Crippen molar-refractivity contribution in [1.82, 2.24) is 10.2 Å². The number of hydrogen-bond acceptors (Lipinski definition) is 3. The van der Waals surface area contributed by atoms with Gasteiger partial charge in [-0.2, -0.15) is 0 Å². The summed E-state index contributed by atoms with van der Waals surface area (Å²) in [6.45, 7) is 9.55. The van der Waals surface area contributed by atoms with Gasteiger partial charge in [-0.15, -0.1) is 0 Å². The standard InChI is InChI=1S/C19H28N2O3/c1-14-5-7-15(8-6-14)11-17(22)21-10-9-16(13-21)12-20-18(23)24-19(2,3)4/h5-8,16H,9-13H2,1-4H3,(H,20,23). The number of nitrogens with one attached hydrogen (secondary N) is 1. The average molecular weight is 332 g/mol. The van der Waals surface area contributed by atoms with E-state index >= 15 is 0 Å². The lowest BCUT2D eigenvalue weighted by Crippen LogP contribution is -2.36. The van der Waals surface area contributed by atoms with Crippen molar-refractivity contribution in [2.75, 3.05) is 19.6 Å². The Labute approximate surface area is 144 Å². The zero-order valence-electron chi connectivity index (χ0n) is 15.1. The summed E-state index contributed by atoms with van der Waals surface area (Å²) in [5.74, 6) is 0.443. The van der Waals surface area contributed by atoms with Gasteiger partial charge >= 0.3 is 6.09 Å². The van der Waals surface area contributed by atoms with Crippen LogP contribution in [0.15, 0.2) is 24.3 Å². The van der Waals surface area contributed by atoms with Gasteiger partial charge in [-0.3, -0.25) is 4.79 Å². The first-order valence-electron chi connectivity index (χ1n) is 8.53. The molecule has 5 heteroatoms. The third-order valence-electron chi connectivity index (χ3n) is 4.05. The Hall–Kier alpha value is -2.04. The van der Waals surface area contributed by atoms with Gasteiger partial charge in [-0.05, 0) is 45.6 Å². The van der Waals surface area contributed by atoms with E-state index in [4.69, 9.17) is 4.74 Å². The Bertz CT molecular complexity index is 575. The van der Waals surface area contributed by atoms with Crippen molar-refractivity contribution in [3.8, 4) is 0 Å². The Morgan fingerprint density at radius 1 is 1.25 bits per heavy atom. The van der Waals surface area contributed by atoms with Crippen LogP contribution in [0.3, 0.4) is 0 Å². The lowest BCUT2D eigenvalue weighted by atomic mass is 10.1. The molecule has 2 rings (SSSR count). The van der Waals surface area contributed by atoms with Crippen LogP contribution < -0.4 is 5.32 Å². The number of aryl methyl sites for hydroxylation is 1. The molecule has 0 spiro atoms. The molecule has 1 N–H and O–H groups in total. The van der Waals surface area contributed by atoms with E-state index in [0.717, 1.165) is 18.5 Å². The summed E-state index contributed by atoms with van der Waals surface area (Å²) in [4.78, 5) is 26.0. The SMILES string of the molecule is Cc1ccc(CC(=O)N2CCC(CNC(=O)OC(C)(C)C)C2)cc1. The minimum absolute atomic E-state index is 0.152. The third-order valence-corrected chi connectivity index (χ3v) is 4.05. The van der Waals surface area contributed by atoms with Crippen LogP contribution in [0.2, 0.25) is 0 Å². The summed E-state index contributed by atoms with van der Waals surface area (Å²) in [6, 6.07) is 8.07. The van der Waals surface area contributed by atoms with Crippen molar-refractivity contribution in [1.29, 1.82) is 0 Å². The number of carbonyl (C=O) groups is 2. The molecule has 1 unspecified atom stereocenters. The predicted octanol–water partition coefficient (Wildman–Crippen LogP) is 2.91. The number of rotatable bonds is 4. The highest BCUT2D eigenvalue weighted by Gasteiger charge is 2.27. The Morgan fingerprint density at radius 3 is 2.54 bits per heavy atom. The van der Waals surface area contributed by atoms with E-state index in [0.29, 0.717) is 25.4 Å². The van der Waals surface area contributed by atoms with Crippen LogP contribution >= 0.6 is 0 Å². The summed E-state index contributed by atoms with van der Waals surface area (Å²) in [5, 5.41) is 2.80. The van der Waals surface area contributed by atoms with Gasteiger partial charge < -0.3 is 15.0 Å². The van der Waals surface area contributed by atoms with E-state index < -0.39 is 11.7 Å². The lowest BCUT2D eigenvalue weighted by Gasteiger charge is -2.21. The zero-order valence-corrected chi connectivity index (χ0v) is 15.1. The van der Waals surface area contributed by atoms with Gasteiger partial charge in [0.15, 0.2) is 0 Å². The van der Waals surface area contributed by atoms with E-state index in [9.17, 15) is 9.59 Å². The third kappa shape index (κ3) is 5.87. The minimum Gasteiger partial charge on any atom is -0.444 e. The van der Waals surface area contributed by atoms with Crippen LogP contribution in [0.5, 0.6) is 0 Å². The first-order chi connectivity index (χ1) is 11.2. The zero-order chi connectivity index (χ0) is 17.7. The smallest absolute Gasteiger partial charge is 0.407 e. The van der Waals surface area contributed by atoms with Crippen molar-refractivity contribution in [3.05, 3.63) is 35.4 Å². The fourth-order valence-electron chi connectivity index (χ4n) is 2.76. The molecule has 1 aliphatic heterocycles. The molecule has 1 saturated heterocycles. The second-order valence-corrected chi connectivity index (χ2v) is 7.54. The average Bonchev–Trinajstić information content (AvgIpc) is 2.95. The first-order valence-corrected chi connectivity index (χ1v) is 8.53. The van der Waals surface area contributed by atoms with Gasteiger partial charge in [0.1, 0.15) is 5.60 Å². The van der Waals surface area contributed by atoms with Gasteiger partial charge in [0.25, 0.3) is 0 Å². The van der Waals surface area contributed by atoms with Crippen molar-refractivity contribution < 1.29 is 14.3 Å². The van der Waals surface area contributed by atoms with Gasteiger partial charge in [-0.25, -0.2) is 4.79 Å². The van der Waals surface area contributed by atoms with Crippen molar-refractivity contribution in [2.45, 2.75) is 46.1 Å². The maximum Gasteiger partial charge on any atom is 0.407 e. The highest BCUT2D eigenvalue weighted by molar-refractivity contribution is 5.79. The molecule has 1 aliphatic rings. The molecule has 2 amide bonds. The van der Waals surface area contributed by atoms with E-state index in [1.165, 1.54) is 5.56 Å². The molecule has 1 atom stereocenters. The highest BCUT2D eigenvalue weighted by atomic mass is 16.6. The molecule has 0 bridgehead atoms. The fraction of sp³-hybridized carbons (Fsp3) is 0.579. The number of nitrogens with zero attached hydrogens (tertiary/aromatic N) is 1. The second kappa shape index (κ2) is 7.69. The topological polar surface area (TPSA) is 58.6 Å². The lowest BCUT2D eigenvalue weighted by molar-refractivity contribution is -0.129. The van der Waals surface area contributed by atoms with Crippen LogP contribution in [0, 0.1) is 12.8 Å².